The summed E-state index contributed by atoms with van der Waals surface area (Å²) in [5.41, 5.74) is 1.67. The normalized spacial score (nSPS) is 17.2. The Morgan fingerprint density at radius 2 is 1.27 bits per heavy atom. The largest absolute Gasteiger partial charge is 0.450 e. The van der Waals surface area contributed by atoms with Crippen LogP contribution in [0.3, 0.4) is 0 Å². The van der Waals surface area contributed by atoms with Crippen molar-refractivity contribution in [1.29, 1.82) is 0 Å². The molecule has 0 saturated carbocycles. The van der Waals surface area contributed by atoms with Crippen LogP contribution in [-0.2, 0) is 43.7 Å². The Balaban J connectivity index is 1.52. The SMILES string of the molecule is CCC(C)(CC)C(c1cccc(CNS(=O)(=O)c2ccccc2)c1)C1C(=O)OC(Cc2ccccc2)(Cc2ccccc2)C1=O. The van der Waals surface area contributed by atoms with Gasteiger partial charge in [0.05, 0.1) is 4.90 Å². The summed E-state index contributed by atoms with van der Waals surface area (Å²) in [7, 11) is -3.72. The summed E-state index contributed by atoms with van der Waals surface area (Å²) in [5.74, 6) is -2.17. The highest BCUT2D eigenvalue weighted by molar-refractivity contribution is 7.89. The number of hydrogen-bond acceptors (Lipinski definition) is 5. The molecule has 1 N–H and O–H groups in total. The van der Waals surface area contributed by atoms with Crippen LogP contribution in [0.2, 0.25) is 0 Å². The third-order valence-corrected chi connectivity index (χ3v) is 10.9. The highest BCUT2D eigenvalue weighted by Crippen LogP contribution is 2.51. The van der Waals surface area contributed by atoms with Gasteiger partial charge in [0.15, 0.2) is 11.4 Å². The maximum Gasteiger partial charge on any atom is 0.318 e. The van der Waals surface area contributed by atoms with Gasteiger partial charge in [-0.25, -0.2) is 13.1 Å². The van der Waals surface area contributed by atoms with Crippen molar-refractivity contribution in [2.45, 2.75) is 69.4 Å². The van der Waals surface area contributed by atoms with Crippen LogP contribution < -0.4 is 4.72 Å². The van der Waals surface area contributed by atoms with Crippen molar-refractivity contribution in [3.8, 4) is 0 Å². The van der Waals surface area contributed by atoms with E-state index in [-0.39, 0.29) is 30.1 Å². The van der Waals surface area contributed by atoms with Crippen molar-refractivity contribution in [3.63, 3.8) is 0 Å². The maximum absolute atomic E-state index is 14.8. The molecule has 6 nitrogen and oxygen atoms in total. The third-order valence-electron chi connectivity index (χ3n) is 9.48. The molecule has 0 bridgehead atoms. The lowest BCUT2D eigenvalue weighted by atomic mass is 9.62. The van der Waals surface area contributed by atoms with Gasteiger partial charge in [-0.05, 0) is 39.8 Å². The molecule has 2 unspecified atom stereocenters. The Hall–Kier alpha value is -4.07. The lowest BCUT2D eigenvalue weighted by Crippen LogP contribution is -2.44. The topological polar surface area (TPSA) is 89.5 Å². The number of ketones is 1. The molecule has 7 heteroatoms. The number of cyclic esters (lactones) is 1. The van der Waals surface area contributed by atoms with Crippen molar-refractivity contribution in [3.05, 3.63) is 138 Å². The van der Waals surface area contributed by atoms with E-state index in [1.807, 2.05) is 84.9 Å². The lowest BCUT2D eigenvalue weighted by Gasteiger charge is -2.39. The van der Waals surface area contributed by atoms with Gasteiger partial charge in [0.1, 0.15) is 5.92 Å². The quantitative estimate of drug-likeness (QED) is 0.127. The number of carbonyl (C=O) groups excluding carboxylic acids is 2. The molecule has 1 saturated heterocycles. The summed E-state index contributed by atoms with van der Waals surface area (Å²) in [6, 6.07) is 35.2. The Bertz CT molecular complexity index is 1680. The number of ether oxygens (including phenoxy) is 1. The van der Waals surface area contributed by atoms with Gasteiger partial charge < -0.3 is 4.74 Å². The van der Waals surface area contributed by atoms with Crippen molar-refractivity contribution in [2.75, 3.05) is 0 Å². The van der Waals surface area contributed by atoms with Crippen LogP contribution in [0.15, 0.2) is 120 Å². The molecule has 2 atom stereocenters. The predicted molar refractivity (Wildman–Crippen MR) is 176 cm³/mol. The van der Waals surface area contributed by atoms with E-state index in [0.29, 0.717) is 0 Å². The van der Waals surface area contributed by atoms with Gasteiger partial charge >= 0.3 is 5.97 Å². The molecule has 0 aromatic heterocycles. The second-order valence-electron chi connectivity index (χ2n) is 12.3. The van der Waals surface area contributed by atoms with E-state index in [1.54, 1.807) is 30.3 Å². The summed E-state index contributed by atoms with van der Waals surface area (Å²) >= 11 is 0. The minimum Gasteiger partial charge on any atom is -0.450 e. The Labute approximate surface area is 266 Å². The molecule has 4 aromatic rings. The molecule has 1 heterocycles. The van der Waals surface area contributed by atoms with E-state index in [0.717, 1.165) is 35.1 Å². The molecule has 5 rings (SSSR count). The van der Waals surface area contributed by atoms with Gasteiger partial charge in [-0.3, -0.25) is 9.59 Å². The van der Waals surface area contributed by atoms with Crippen molar-refractivity contribution in [1.82, 2.24) is 4.72 Å². The zero-order valence-electron chi connectivity index (χ0n) is 26.1. The first kappa shape index (κ1) is 32.3. The van der Waals surface area contributed by atoms with Gasteiger partial charge in [-0.2, -0.15) is 0 Å². The van der Waals surface area contributed by atoms with Gasteiger partial charge in [-0.15, -0.1) is 0 Å². The first-order chi connectivity index (χ1) is 21.6. The van der Waals surface area contributed by atoms with Crippen LogP contribution in [-0.4, -0.2) is 25.8 Å². The summed E-state index contributed by atoms with van der Waals surface area (Å²) in [5, 5.41) is 0. The number of rotatable bonds is 13. The number of esters is 1. The van der Waals surface area contributed by atoms with Crippen LogP contribution in [0.5, 0.6) is 0 Å². The highest BCUT2D eigenvalue weighted by atomic mass is 32.2. The monoisotopic (exact) mass is 623 g/mol. The molecule has 234 valence electrons. The summed E-state index contributed by atoms with van der Waals surface area (Å²) in [6.45, 7) is 6.36. The summed E-state index contributed by atoms with van der Waals surface area (Å²) < 4.78 is 34.8. The fraction of sp³-hybridized carbons (Fsp3) is 0.316. The van der Waals surface area contributed by atoms with Gasteiger partial charge in [0.2, 0.25) is 10.0 Å². The molecule has 0 amide bonds. The van der Waals surface area contributed by atoms with Crippen molar-refractivity contribution < 1.29 is 22.7 Å². The van der Waals surface area contributed by atoms with E-state index in [2.05, 4.69) is 25.5 Å². The van der Waals surface area contributed by atoms with Crippen LogP contribution >= 0.6 is 0 Å². The molecule has 0 spiro atoms. The molecule has 1 fully saturated rings. The van der Waals surface area contributed by atoms with Crippen LogP contribution in [0, 0.1) is 11.3 Å². The van der Waals surface area contributed by atoms with Gasteiger partial charge in [0, 0.05) is 25.3 Å². The van der Waals surface area contributed by atoms with E-state index in [9.17, 15) is 18.0 Å². The van der Waals surface area contributed by atoms with Crippen molar-refractivity contribution in [2.24, 2.45) is 11.3 Å². The van der Waals surface area contributed by atoms with E-state index in [4.69, 9.17) is 4.74 Å². The molecule has 1 aliphatic rings. The van der Waals surface area contributed by atoms with Crippen molar-refractivity contribution >= 4 is 21.8 Å². The van der Waals surface area contributed by atoms with E-state index >= 15 is 0 Å². The average Bonchev–Trinajstić information content (AvgIpc) is 3.29. The highest BCUT2D eigenvalue weighted by Gasteiger charge is 2.60. The van der Waals surface area contributed by atoms with Crippen LogP contribution in [0.25, 0.3) is 0 Å². The smallest absolute Gasteiger partial charge is 0.318 e. The van der Waals surface area contributed by atoms with Crippen LogP contribution in [0.1, 0.15) is 61.8 Å². The molecular weight excluding hydrogens is 582 g/mol. The predicted octanol–water partition coefficient (Wildman–Crippen LogP) is 7.04. The summed E-state index contributed by atoms with van der Waals surface area (Å²) in [6.07, 6.45) is 2.04. The minimum absolute atomic E-state index is 0.0712. The maximum atomic E-state index is 14.8. The molecule has 1 aliphatic heterocycles. The number of benzene rings is 4. The Morgan fingerprint density at radius 3 is 1.80 bits per heavy atom. The number of hydrogen-bond donors (Lipinski definition) is 1. The van der Waals surface area contributed by atoms with Gasteiger partial charge in [0.25, 0.3) is 0 Å². The fourth-order valence-electron chi connectivity index (χ4n) is 6.59. The zero-order chi connectivity index (χ0) is 32.1. The first-order valence-corrected chi connectivity index (χ1v) is 17.1. The molecule has 4 aromatic carbocycles. The summed E-state index contributed by atoms with van der Waals surface area (Å²) in [4.78, 5) is 29.0. The molecular formula is C38H41NO5S. The molecule has 45 heavy (non-hydrogen) atoms. The van der Waals surface area contributed by atoms with Gasteiger partial charge in [-0.1, -0.05) is 137 Å². The number of carbonyl (C=O) groups is 2. The Kier molecular flexibility index (Phi) is 9.70. The zero-order valence-corrected chi connectivity index (χ0v) is 26.9. The van der Waals surface area contributed by atoms with E-state index < -0.39 is 38.8 Å². The molecule has 0 aliphatic carbocycles. The molecule has 0 radical (unpaired) electrons. The first-order valence-electron chi connectivity index (χ1n) is 15.6. The second kappa shape index (κ2) is 13.5. The number of Topliss-reactive ketones (excluding diaryl/α,β-unsaturated/α-hetero) is 1. The van der Waals surface area contributed by atoms with E-state index in [1.165, 1.54) is 0 Å². The minimum atomic E-state index is -3.72. The average molecular weight is 624 g/mol. The lowest BCUT2D eigenvalue weighted by molar-refractivity contribution is -0.153. The standard InChI is InChI=1S/C38H41NO5S/c1-4-37(3,5-2)34(31-21-15-20-30(24-31)27-39-45(42,43)32-22-13-8-14-23-32)33-35(40)38(44-36(33)41,25-28-16-9-6-10-17-28)26-29-18-11-7-12-19-29/h6-24,33-34,39H,4-5,25-27H2,1-3H3. The fourth-order valence-corrected chi connectivity index (χ4v) is 7.63. The Morgan fingerprint density at radius 1 is 0.756 bits per heavy atom. The van der Waals surface area contributed by atoms with Crippen LogP contribution in [0.4, 0.5) is 0 Å². The number of nitrogens with one attached hydrogen (secondary N) is 1. The third kappa shape index (κ3) is 6.95. The number of sulfonamides is 1. The second-order valence-corrected chi connectivity index (χ2v) is 14.1.